The van der Waals surface area contributed by atoms with E-state index in [1.807, 2.05) is 30.3 Å². The molecule has 3 rings (SSSR count). The first-order chi connectivity index (χ1) is 14.1. The van der Waals surface area contributed by atoms with Crippen molar-refractivity contribution in [2.75, 3.05) is 18.8 Å². The van der Waals surface area contributed by atoms with E-state index in [9.17, 15) is 9.59 Å². The number of nitrogens with zero attached hydrogens (tertiary/aromatic N) is 1. The van der Waals surface area contributed by atoms with Crippen LogP contribution in [0.5, 0.6) is 0 Å². The van der Waals surface area contributed by atoms with Gasteiger partial charge in [-0.05, 0) is 36.2 Å². The molecule has 0 aliphatic rings. The minimum absolute atomic E-state index is 0.187. The van der Waals surface area contributed by atoms with Gasteiger partial charge in [0.05, 0.1) is 0 Å². The minimum atomic E-state index is -0.496. The number of oxazole rings is 1. The molecule has 1 aromatic heterocycles. The predicted molar refractivity (Wildman–Crippen MR) is 108 cm³/mol. The molecule has 0 radical (unpaired) electrons. The Hall–Kier alpha value is -3.81. The van der Waals surface area contributed by atoms with Crippen molar-refractivity contribution in [2.24, 2.45) is 0 Å². The summed E-state index contributed by atoms with van der Waals surface area (Å²) in [6, 6.07) is 16.4. The van der Waals surface area contributed by atoms with E-state index < -0.39 is 6.09 Å². The second kappa shape index (κ2) is 9.93. The number of rotatable bonds is 8. The molecule has 150 valence electrons. The molecule has 2 amide bonds. The van der Waals surface area contributed by atoms with Crippen LogP contribution in [0.1, 0.15) is 22.5 Å². The molecule has 0 aliphatic carbocycles. The lowest BCUT2D eigenvalue weighted by Crippen LogP contribution is -2.30. The second-order valence-electron chi connectivity index (χ2n) is 6.26. The predicted octanol–water partition coefficient (Wildman–Crippen LogP) is 2.97. The lowest BCUT2D eigenvalue weighted by molar-refractivity contribution is 0.0948. The van der Waals surface area contributed by atoms with E-state index in [0.717, 1.165) is 11.1 Å². The standard InChI is InChI=1S/C21H22N4O4/c22-17-9-7-16(8-10-17)20-25-18(14-28-20)19(26)23-11-4-12-24-21(27)29-13-15-5-2-1-3-6-15/h1-3,5-10,14H,4,11-13,22H2,(H,23,26)(H,24,27). The molecule has 0 saturated heterocycles. The number of amides is 2. The zero-order chi connectivity index (χ0) is 20.5. The summed E-state index contributed by atoms with van der Waals surface area (Å²) in [5.41, 5.74) is 8.12. The van der Waals surface area contributed by atoms with Crippen LogP contribution in [-0.2, 0) is 11.3 Å². The number of hydrogen-bond acceptors (Lipinski definition) is 6. The Bertz CT molecular complexity index is 939. The molecule has 0 saturated carbocycles. The number of aromatic nitrogens is 1. The van der Waals surface area contributed by atoms with Crippen LogP contribution in [-0.4, -0.2) is 30.1 Å². The van der Waals surface area contributed by atoms with Gasteiger partial charge in [-0.2, -0.15) is 0 Å². The zero-order valence-electron chi connectivity index (χ0n) is 15.8. The number of anilines is 1. The molecule has 0 aliphatic heterocycles. The number of ether oxygens (including phenoxy) is 1. The van der Waals surface area contributed by atoms with Gasteiger partial charge in [-0.15, -0.1) is 0 Å². The summed E-state index contributed by atoms with van der Waals surface area (Å²) >= 11 is 0. The molecule has 0 bridgehead atoms. The Morgan fingerprint density at radius 3 is 2.48 bits per heavy atom. The maximum absolute atomic E-state index is 12.1. The number of carbonyl (C=O) groups is 2. The molecule has 0 spiro atoms. The quantitative estimate of drug-likeness (QED) is 0.399. The van der Waals surface area contributed by atoms with Crippen molar-refractivity contribution >= 4 is 17.7 Å². The molecule has 4 N–H and O–H groups in total. The number of nitrogens with one attached hydrogen (secondary N) is 2. The van der Waals surface area contributed by atoms with Gasteiger partial charge in [0, 0.05) is 24.3 Å². The monoisotopic (exact) mass is 394 g/mol. The number of nitrogens with two attached hydrogens (primary N) is 1. The number of hydrogen-bond donors (Lipinski definition) is 3. The highest BCUT2D eigenvalue weighted by atomic mass is 16.5. The fourth-order valence-electron chi connectivity index (χ4n) is 2.48. The summed E-state index contributed by atoms with van der Waals surface area (Å²) in [5, 5.41) is 5.37. The summed E-state index contributed by atoms with van der Waals surface area (Å²) in [6.45, 7) is 0.969. The first kappa shape index (κ1) is 19.9. The number of carbonyl (C=O) groups excluding carboxylic acids is 2. The zero-order valence-corrected chi connectivity index (χ0v) is 15.8. The molecular formula is C21H22N4O4. The number of alkyl carbamates (subject to hydrolysis) is 1. The molecule has 1 heterocycles. The highest BCUT2D eigenvalue weighted by Gasteiger charge is 2.13. The molecule has 0 unspecified atom stereocenters. The largest absolute Gasteiger partial charge is 0.445 e. The molecule has 29 heavy (non-hydrogen) atoms. The Kier molecular flexibility index (Phi) is 6.83. The van der Waals surface area contributed by atoms with Gasteiger partial charge >= 0.3 is 6.09 Å². The molecule has 0 fully saturated rings. The molecule has 2 aromatic carbocycles. The topological polar surface area (TPSA) is 119 Å². The third-order valence-corrected chi connectivity index (χ3v) is 4.02. The smallest absolute Gasteiger partial charge is 0.407 e. The number of nitrogen functional groups attached to an aromatic ring is 1. The van der Waals surface area contributed by atoms with Crippen molar-refractivity contribution < 1.29 is 18.7 Å². The summed E-state index contributed by atoms with van der Waals surface area (Å²) in [5.74, 6) is 0.0000716. The Labute approximate surface area is 168 Å². The minimum Gasteiger partial charge on any atom is -0.445 e. The van der Waals surface area contributed by atoms with Gasteiger partial charge < -0.3 is 25.5 Å². The fourth-order valence-corrected chi connectivity index (χ4v) is 2.48. The van der Waals surface area contributed by atoms with Crippen LogP contribution >= 0.6 is 0 Å². The van der Waals surface area contributed by atoms with Crippen LogP contribution in [0.2, 0.25) is 0 Å². The van der Waals surface area contributed by atoms with Crippen molar-refractivity contribution in [1.29, 1.82) is 0 Å². The van der Waals surface area contributed by atoms with E-state index in [0.29, 0.717) is 31.1 Å². The van der Waals surface area contributed by atoms with Gasteiger partial charge in [-0.25, -0.2) is 9.78 Å². The van der Waals surface area contributed by atoms with Crippen molar-refractivity contribution in [2.45, 2.75) is 13.0 Å². The van der Waals surface area contributed by atoms with E-state index >= 15 is 0 Å². The van der Waals surface area contributed by atoms with E-state index in [2.05, 4.69) is 15.6 Å². The van der Waals surface area contributed by atoms with Crippen molar-refractivity contribution in [3.05, 3.63) is 72.1 Å². The number of benzene rings is 2. The lowest BCUT2D eigenvalue weighted by Gasteiger charge is -2.07. The second-order valence-corrected chi connectivity index (χ2v) is 6.26. The molecule has 8 heteroatoms. The third kappa shape index (κ3) is 6.10. The molecule has 3 aromatic rings. The summed E-state index contributed by atoms with van der Waals surface area (Å²) in [7, 11) is 0. The van der Waals surface area contributed by atoms with Gasteiger partial charge in [0.25, 0.3) is 5.91 Å². The fraction of sp³-hybridized carbons (Fsp3) is 0.190. The maximum atomic E-state index is 12.1. The van der Waals surface area contributed by atoms with Crippen LogP contribution in [0.3, 0.4) is 0 Å². The highest BCUT2D eigenvalue weighted by Crippen LogP contribution is 2.19. The average Bonchev–Trinajstić information content (AvgIpc) is 3.23. The SMILES string of the molecule is Nc1ccc(-c2nc(C(=O)NCCCNC(=O)OCc3ccccc3)co2)cc1. The van der Waals surface area contributed by atoms with E-state index in [4.69, 9.17) is 14.9 Å². The van der Waals surface area contributed by atoms with Gasteiger partial charge in [0.2, 0.25) is 5.89 Å². The van der Waals surface area contributed by atoms with Crippen LogP contribution < -0.4 is 16.4 Å². The van der Waals surface area contributed by atoms with Crippen molar-refractivity contribution in [1.82, 2.24) is 15.6 Å². The average molecular weight is 394 g/mol. The Balaban J connectivity index is 1.34. The van der Waals surface area contributed by atoms with Gasteiger partial charge in [0.1, 0.15) is 12.9 Å². The third-order valence-electron chi connectivity index (χ3n) is 4.02. The first-order valence-corrected chi connectivity index (χ1v) is 9.16. The van der Waals surface area contributed by atoms with Crippen LogP contribution in [0.25, 0.3) is 11.5 Å². The van der Waals surface area contributed by atoms with Gasteiger partial charge in [0.15, 0.2) is 5.69 Å². The summed E-state index contributed by atoms with van der Waals surface area (Å²) < 4.78 is 10.5. The van der Waals surface area contributed by atoms with Crippen LogP contribution in [0, 0.1) is 0 Å². The highest BCUT2D eigenvalue weighted by molar-refractivity contribution is 5.92. The molecular weight excluding hydrogens is 372 g/mol. The van der Waals surface area contributed by atoms with Crippen LogP contribution in [0.15, 0.2) is 65.3 Å². The van der Waals surface area contributed by atoms with E-state index in [1.54, 1.807) is 24.3 Å². The van der Waals surface area contributed by atoms with E-state index in [1.165, 1.54) is 6.26 Å². The maximum Gasteiger partial charge on any atom is 0.407 e. The van der Waals surface area contributed by atoms with Crippen LogP contribution in [0.4, 0.5) is 10.5 Å². The Morgan fingerprint density at radius 2 is 1.72 bits per heavy atom. The molecule has 8 nitrogen and oxygen atoms in total. The van der Waals surface area contributed by atoms with Gasteiger partial charge in [-0.3, -0.25) is 4.79 Å². The summed E-state index contributed by atoms with van der Waals surface area (Å²) in [6.07, 6.45) is 1.36. The first-order valence-electron chi connectivity index (χ1n) is 9.16. The normalized spacial score (nSPS) is 10.3. The lowest BCUT2D eigenvalue weighted by atomic mass is 10.2. The van der Waals surface area contributed by atoms with Crippen molar-refractivity contribution in [3.8, 4) is 11.5 Å². The van der Waals surface area contributed by atoms with Crippen molar-refractivity contribution in [3.63, 3.8) is 0 Å². The van der Waals surface area contributed by atoms with E-state index in [-0.39, 0.29) is 18.2 Å². The molecule has 0 atom stereocenters. The Morgan fingerprint density at radius 1 is 1.00 bits per heavy atom. The summed E-state index contributed by atoms with van der Waals surface area (Å²) in [4.78, 5) is 28.0. The van der Waals surface area contributed by atoms with Gasteiger partial charge in [-0.1, -0.05) is 30.3 Å².